The Kier molecular flexibility index (Phi) is 10.4. The number of aromatic carboxylic acids is 4. The number of hydrogen-bond acceptors (Lipinski definition) is 6. The molecule has 4 N–H and O–H groups in total. The van der Waals surface area contributed by atoms with Crippen LogP contribution in [0.4, 0.5) is 0 Å². The van der Waals surface area contributed by atoms with Crippen LogP contribution < -0.4 is 9.97 Å². The van der Waals surface area contributed by atoms with Crippen LogP contribution in [0.15, 0.2) is 121 Å². The van der Waals surface area contributed by atoms with Gasteiger partial charge in [-0.1, -0.05) is 72.8 Å². The van der Waals surface area contributed by atoms with Crippen LogP contribution in [-0.2, 0) is 17.1 Å². The van der Waals surface area contributed by atoms with Crippen molar-refractivity contribution < 1.29 is 56.7 Å². The van der Waals surface area contributed by atoms with E-state index < -0.39 is 23.9 Å². The quantitative estimate of drug-likeness (QED) is 0.106. The summed E-state index contributed by atoms with van der Waals surface area (Å²) in [5.74, 6) is -4.30. The monoisotopic (exact) mass is 844 g/mol. The first-order valence-electron chi connectivity index (χ1n) is 18.4. The van der Waals surface area contributed by atoms with Gasteiger partial charge in [-0.2, -0.15) is 0 Å². The van der Waals surface area contributed by atoms with Gasteiger partial charge in [0, 0.05) is 0 Å². The second-order valence-corrected chi connectivity index (χ2v) is 13.9. The van der Waals surface area contributed by atoms with Crippen molar-refractivity contribution in [1.29, 1.82) is 0 Å². The molecule has 8 bridgehead atoms. The molecule has 0 saturated carbocycles. The van der Waals surface area contributed by atoms with Gasteiger partial charge in [0.05, 0.1) is 45.0 Å². The minimum Gasteiger partial charge on any atom is -0.657 e. The Balaban J connectivity index is 0.00000514. The van der Waals surface area contributed by atoms with Gasteiger partial charge in [0.25, 0.3) is 0 Å². The topological polar surface area (TPSA) is 203 Å². The molecule has 0 atom stereocenters. The van der Waals surface area contributed by atoms with Gasteiger partial charge in [-0.3, -0.25) is 0 Å². The summed E-state index contributed by atoms with van der Waals surface area (Å²) >= 11 is 0. The van der Waals surface area contributed by atoms with E-state index in [4.69, 9.17) is 19.9 Å². The largest absolute Gasteiger partial charge is 5.00 e. The molecule has 13 heteroatoms. The van der Waals surface area contributed by atoms with E-state index in [9.17, 15) is 39.6 Å². The standard InChI is InChI=1S/C48H30N4O8.Fe/c53-45(54)29-9-1-25(2-10-29)41-33-17-19-35(49-33)42(26-3-11-30(12-4-26)46(55)56)37-21-23-39(51-37)44(28-7-15-32(16-8-28)48(59)60)40-24-22-38(52-40)43(36-20-18-34(41)50-36)27-5-13-31(14-6-27)47(57)58;/h1-24H,(H6,49,50,51,52,53,54,55,56,57,58,59,60);/q;+5/p-2. The van der Waals surface area contributed by atoms with Crippen LogP contribution in [0.5, 0.6) is 0 Å². The van der Waals surface area contributed by atoms with E-state index in [1.807, 2.05) is 48.6 Å². The molecule has 4 aromatic carbocycles. The first-order chi connectivity index (χ1) is 29.0. The van der Waals surface area contributed by atoms with Gasteiger partial charge in [-0.25, -0.2) is 29.1 Å². The van der Waals surface area contributed by atoms with E-state index in [0.717, 1.165) is 0 Å². The first-order valence-corrected chi connectivity index (χ1v) is 18.4. The Morgan fingerprint density at radius 2 is 0.525 bits per heavy atom. The SMILES string of the molecule is O=C(O)c1ccc(-c2c3nc(c(-c4ccc(C(=O)O)cc4)c4ccc([n-]4)c(-c4ccc(C(=O)O)cc4)c4nc(c(-c5ccc(C(=O)O)cc5)c5ccc2[n-]5)C=C4)C=C3)cc1.[Fe+5]. The van der Waals surface area contributed by atoms with Crippen molar-refractivity contribution in [1.82, 2.24) is 19.9 Å². The molecule has 0 amide bonds. The number of carbonyl (C=O) groups is 4. The number of fused-ring (bicyclic) bond motifs is 8. The third kappa shape index (κ3) is 7.42. The Labute approximate surface area is 356 Å². The molecule has 0 unspecified atom stereocenters. The van der Waals surface area contributed by atoms with Gasteiger partial charge in [-0.05, 0) is 117 Å². The van der Waals surface area contributed by atoms with Crippen molar-refractivity contribution in [2.24, 2.45) is 0 Å². The molecule has 7 aromatic rings. The number of aromatic nitrogens is 4. The zero-order valence-corrected chi connectivity index (χ0v) is 32.5. The summed E-state index contributed by atoms with van der Waals surface area (Å²) < 4.78 is 0. The maximum atomic E-state index is 11.8. The molecule has 0 fully saturated rings. The molecule has 61 heavy (non-hydrogen) atoms. The number of hydrogen-bond donors (Lipinski definition) is 4. The molecule has 5 heterocycles. The molecular weight excluding hydrogens is 816 g/mol. The minimum atomic E-state index is -1.07. The smallest absolute Gasteiger partial charge is 0.657 e. The first kappa shape index (κ1) is 39.7. The molecule has 1 radical (unpaired) electrons. The van der Waals surface area contributed by atoms with Gasteiger partial charge < -0.3 is 30.4 Å². The van der Waals surface area contributed by atoms with Crippen LogP contribution >= 0.6 is 0 Å². The van der Waals surface area contributed by atoms with E-state index in [2.05, 4.69) is 0 Å². The number of carboxylic acids is 4. The molecule has 2 aliphatic heterocycles. The Hall–Kier alpha value is -8.12. The molecule has 2 aliphatic rings. The molecule has 0 saturated heterocycles. The van der Waals surface area contributed by atoms with E-state index in [1.54, 1.807) is 48.5 Å². The van der Waals surface area contributed by atoms with E-state index >= 15 is 0 Å². The van der Waals surface area contributed by atoms with Crippen molar-refractivity contribution in [2.75, 3.05) is 0 Å². The average Bonchev–Trinajstić information content (AvgIpc) is 4.10. The van der Waals surface area contributed by atoms with Gasteiger partial charge >= 0.3 is 40.9 Å². The van der Waals surface area contributed by atoms with Crippen molar-refractivity contribution in [3.8, 4) is 44.5 Å². The Morgan fingerprint density at radius 3 is 0.705 bits per heavy atom. The second kappa shape index (κ2) is 15.9. The fourth-order valence-electron chi connectivity index (χ4n) is 7.39. The van der Waals surface area contributed by atoms with Crippen molar-refractivity contribution in [3.05, 3.63) is 166 Å². The number of benzene rings is 4. The Bertz CT molecular complexity index is 2760. The summed E-state index contributed by atoms with van der Waals surface area (Å²) in [7, 11) is 0. The fourth-order valence-corrected chi connectivity index (χ4v) is 7.39. The van der Waals surface area contributed by atoms with Gasteiger partial charge in [0.2, 0.25) is 0 Å². The summed E-state index contributed by atoms with van der Waals surface area (Å²) in [6.07, 6.45) is 7.33. The van der Waals surface area contributed by atoms with Gasteiger partial charge in [-0.15, -0.1) is 22.1 Å². The average molecular weight is 845 g/mol. The maximum absolute atomic E-state index is 11.8. The van der Waals surface area contributed by atoms with E-state index in [-0.39, 0.29) is 39.3 Å². The molecule has 12 nitrogen and oxygen atoms in total. The van der Waals surface area contributed by atoms with E-state index in [1.165, 1.54) is 48.5 Å². The third-order valence-electron chi connectivity index (χ3n) is 10.3. The normalized spacial score (nSPS) is 11.5. The van der Waals surface area contributed by atoms with Crippen LogP contribution in [-0.4, -0.2) is 54.3 Å². The molecule has 0 spiro atoms. The fraction of sp³-hybridized carbons (Fsp3) is 0. The summed E-state index contributed by atoms with van der Waals surface area (Å²) in [4.78, 5) is 67.8. The van der Waals surface area contributed by atoms with Crippen LogP contribution in [0.1, 0.15) is 64.2 Å². The predicted molar refractivity (Wildman–Crippen MR) is 226 cm³/mol. The third-order valence-corrected chi connectivity index (χ3v) is 10.3. The molecule has 3 aromatic heterocycles. The van der Waals surface area contributed by atoms with Crippen LogP contribution in [0.2, 0.25) is 0 Å². The number of carboxylic acid groups (broad SMARTS) is 4. The number of nitrogens with zero attached hydrogens (tertiary/aromatic N) is 4. The molecule has 0 aliphatic carbocycles. The zero-order valence-electron chi connectivity index (χ0n) is 31.4. The molecule has 9 rings (SSSR count). The molecule has 293 valence electrons. The summed E-state index contributed by atoms with van der Waals surface area (Å²) in [5.41, 5.74) is 9.53. The van der Waals surface area contributed by atoms with Crippen LogP contribution in [0, 0.1) is 0 Å². The van der Waals surface area contributed by atoms with Crippen molar-refractivity contribution >= 4 is 70.2 Å². The zero-order chi connectivity index (χ0) is 41.7. The predicted octanol–water partition coefficient (Wildman–Crippen LogP) is 9.37. The summed E-state index contributed by atoms with van der Waals surface area (Å²) in [5, 5.41) is 38.7. The van der Waals surface area contributed by atoms with Gasteiger partial charge in [0.1, 0.15) is 0 Å². The van der Waals surface area contributed by atoms with Crippen molar-refractivity contribution in [2.45, 2.75) is 0 Å². The van der Waals surface area contributed by atoms with Crippen LogP contribution in [0.25, 0.3) is 90.9 Å². The Morgan fingerprint density at radius 1 is 0.328 bits per heavy atom. The van der Waals surface area contributed by atoms with E-state index in [0.29, 0.717) is 89.4 Å². The van der Waals surface area contributed by atoms with Crippen LogP contribution in [0.3, 0.4) is 0 Å². The summed E-state index contributed by atoms with van der Waals surface area (Å²) in [6.45, 7) is 0. The summed E-state index contributed by atoms with van der Waals surface area (Å²) in [6, 6.07) is 33.0. The van der Waals surface area contributed by atoms with Gasteiger partial charge in [0.15, 0.2) is 0 Å². The molecular formula is C48H28FeN4O8+3. The van der Waals surface area contributed by atoms with Crippen molar-refractivity contribution in [3.63, 3.8) is 0 Å². The maximum Gasteiger partial charge on any atom is 5.00 e. The number of rotatable bonds is 8. The minimum absolute atomic E-state index is 0. The second-order valence-electron chi connectivity index (χ2n) is 13.9.